The molecule has 14 nitrogen and oxygen atoms in total. The minimum atomic E-state index is -4.48. The molecule has 0 spiro atoms. The highest BCUT2D eigenvalue weighted by atomic mass is 32.2. The third-order valence-electron chi connectivity index (χ3n) is 12.3. The van der Waals surface area contributed by atoms with Crippen molar-refractivity contribution in [3.05, 3.63) is 71.7 Å². The Morgan fingerprint density at radius 2 is 1.74 bits per heavy atom. The first kappa shape index (κ1) is 43.6. The van der Waals surface area contributed by atoms with Crippen LogP contribution in [0.4, 0.5) is 17.6 Å². The van der Waals surface area contributed by atoms with Crippen molar-refractivity contribution in [2.45, 2.75) is 87.3 Å². The van der Waals surface area contributed by atoms with Gasteiger partial charge in [0.05, 0.1) is 37.9 Å². The van der Waals surface area contributed by atoms with E-state index in [1.807, 2.05) is 17.7 Å². The second-order valence-corrected chi connectivity index (χ2v) is 18.6. The molecule has 4 amide bonds. The van der Waals surface area contributed by atoms with Gasteiger partial charge in [0.2, 0.25) is 27.7 Å². The van der Waals surface area contributed by atoms with Crippen LogP contribution in [0.1, 0.15) is 69.2 Å². The summed E-state index contributed by atoms with van der Waals surface area (Å²) in [5.74, 6) is -7.65. The van der Waals surface area contributed by atoms with Gasteiger partial charge in [0.15, 0.2) is 11.6 Å². The fourth-order valence-electron chi connectivity index (χ4n) is 8.40. The van der Waals surface area contributed by atoms with Crippen molar-refractivity contribution < 1.29 is 59.4 Å². The molecule has 3 aromatic rings. The normalized spacial score (nSPS) is 28.0. The van der Waals surface area contributed by atoms with Crippen molar-refractivity contribution in [2.75, 3.05) is 27.4 Å². The largest absolute Gasteiger partial charge is 0.494 e. The highest BCUT2D eigenvalue weighted by Crippen LogP contribution is 2.48. The summed E-state index contributed by atoms with van der Waals surface area (Å²) >= 11 is 0. The number of nitrogens with zero attached hydrogens (tertiary/aromatic N) is 2. The zero-order valence-electron chi connectivity index (χ0n) is 33.9. The van der Waals surface area contributed by atoms with E-state index in [0.717, 1.165) is 18.2 Å². The Morgan fingerprint density at radius 3 is 2.41 bits per heavy atom. The number of halogens is 4. The first-order valence-electron chi connectivity index (χ1n) is 20.0. The lowest BCUT2D eigenvalue weighted by Gasteiger charge is -2.33. The Morgan fingerprint density at radius 1 is 1.00 bits per heavy atom. The van der Waals surface area contributed by atoms with Crippen LogP contribution in [0.5, 0.6) is 17.4 Å². The molecule has 3 N–H and O–H groups in total. The number of nitrogens with one attached hydrogen (secondary N) is 3. The molecule has 3 heterocycles. The quantitative estimate of drug-likeness (QED) is 0.192. The van der Waals surface area contributed by atoms with E-state index in [9.17, 15) is 40.8 Å². The van der Waals surface area contributed by atoms with E-state index in [-0.39, 0.29) is 60.9 Å². The van der Waals surface area contributed by atoms with Gasteiger partial charge in [-0.3, -0.25) is 23.9 Å². The van der Waals surface area contributed by atoms with E-state index in [4.69, 9.17) is 14.2 Å². The number of carbonyl (C=O) groups excluding carboxylic acids is 4. The van der Waals surface area contributed by atoms with E-state index in [1.54, 1.807) is 13.0 Å². The lowest BCUT2D eigenvalue weighted by Crippen LogP contribution is -2.59. The van der Waals surface area contributed by atoms with Gasteiger partial charge in [-0.15, -0.1) is 0 Å². The summed E-state index contributed by atoms with van der Waals surface area (Å²) in [5, 5.41) is 5.91. The lowest BCUT2D eigenvalue weighted by atomic mass is 9.87. The second-order valence-electron chi connectivity index (χ2n) is 16.6. The minimum absolute atomic E-state index is 0.00506. The minimum Gasteiger partial charge on any atom is -0.494 e. The molecule has 61 heavy (non-hydrogen) atoms. The molecule has 2 aliphatic heterocycles. The third kappa shape index (κ3) is 8.44. The fourth-order valence-corrected chi connectivity index (χ4v) is 9.83. The third-order valence-corrected chi connectivity index (χ3v) is 14.4. The summed E-state index contributed by atoms with van der Waals surface area (Å²) in [6.45, 7) is 2.18. The maximum absolute atomic E-state index is 15.1. The Bertz CT molecular complexity index is 2400. The number of carbonyl (C=O) groups is 4. The number of ether oxygens (including phenoxy) is 3. The summed E-state index contributed by atoms with van der Waals surface area (Å²) in [6.07, 6.45) is 5.23. The molecule has 1 unspecified atom stereocenters. The van der Waals surface area contributed by atoms with Crippen LogP contribution in [-0.2, 0) is 24.4 Å². The smallest absolute Gasteiger partial charge is 0.259 e. The molecule has 19 heteroatoms. The van der Waals surface area contributed by atoms with E-state index >= 15 is 4.39 Å². The summed E-state index contributed by atoms with van der Waals surface area (Å²) < 4.78 is 101. The second kappa shape index (κ2) is 16.8. The van der Waals surface area contributed by atoms with Gasteiger partial charge in [-0.25, -0.2) is 31.0 Å². The Kier molecular flexibility index (Phi) is 12.0. The van der Waals surface area contributed by atoms with Crippen LogP contribution >= 0.6 is 0 Å². The predicted molar refractivity (Wildman–Crippen MR) is 212 cm³/mol. The van der Waals surface area contributed by atoms with Crippen LogP contribution in [0, 0.1) is 35.2 Å². The number of fused-ring (bicyclic) bond motifs is 3. The Balaban J connectivity index is 1.26. The zero-order chi connectivity index (χ0) is 44.0. The molecule has 328 valence electrons. The van der Waals surface area contributed by atoms with Crippen molar-refractivity contribution in [2.24, 2.45) is 17.8 Å². The first-order chi connectivity index (χ1) is 29.0. The average molecular weight is 874 g/mol. The van der Waals surface area contributed by atoms with Gasteiger partial charge >= 0.3 is 0 Å². The van der Waals surface area contributed by atoms with Gasteiger partial charge < -0.3 is 29.7 Å². The number of sulfonamides is 1. The number of hydrogen-bond donors (Lipinski definition) is 3. The lowest BCUT2D eigenvalue weighted by molar-refractivity contribution is -0.142. The van der Waals surface area contributed by atoms with Gasteiger partial charge in [-0.1, -0.05) is 26.0 Å². The molecule has 7 atom stereocenters. The van der Waals surface area contributed by atoms with Crippen LogP contribution in [0.3, 0.4) is 0 Å². The first-order valence-corrected chi connectivity index (χ1v) is 21.5. The molecule has 2 aromatic carbocycles. The number of alkyl halides is 1. The molecular weight excluding hydrogens is 827 g/mol. The number of amides is 4. The molecule has 2 saturated carbocycles. The van der Waals surface area contributed by atoms with Crippen molar-refractivity contribution >= 4 is 44.4 Å². The maximum atomic E-state index is 15.1. The number of benzene rings is 2. The molecule has 0 radical (unpaired) electrons. The summed E-state index contributed by atoms with van der Waals surface area (Å²) in [4.78, 5) is 62.5. The van der Waals surface area contributed by atoms with Gasteiger partial charge in [0, 0.05) is 23.8 Å². The number of allylic oxidation sites excluding steroid dienone is 1. The van der Waals surface area contributed by atoms with Gasteiger partial charge in [-0.2, -0.15) is 0 Å². The number of methoxy groups -OCH3 is 2. The monoisotopic (exact) mass is 873 g/mol. The van der Waals surface area contributed by atoms with Crippen molar-refractivity contribution in [1.29, 1.82) is 0 Å². The maximum Gasteiger partial charge on any atom is 0.259 e. The topological polar surface area (TPSA) is 182 Å². The highest BCUT2D eigenvalue weighted by Gasteiger charge is 2.64. The SMILES string of the molecule is COc1cc2c(OC)cnc(O[C@@H]3C[C@H]4C(=O)NC5(C(=O)NS(=O)(=O)C6(CF)CC6)C[C@H]5/C=C\CC[C@@H](C)C[C@@H](C)[C@H](NC(=O)c5ccc(F)cc5F)C(=O)N4C3)c2cc1F. The number of aromatic nitrogens is 1. The predicted octanol–water partition coefficient (Wildman–Crippen LogP) is 4.65. The average Bonchev–Trinajstić information content (AvgIpc) is 4.12. The number of hydrogen-bond acceptors (Lipinski definition) is 10. The molecule has 3 fully saturated rings. The van der Waals surface area contributed by atoms with Gasteiger partial charge in [-0.05, 0) is 74.6 Å². The van der Waals surface area contributed by atoms with E-state index in [2.05, 4.69) is 15.6 Å². The molecule has 0 bridgehead atoms. The van der Waals surface area contributed by atoms with Crippen molar-refractivity contribution in [3.8, 4) is 17.4 Å². The van der Waals surface area contributed by atoms with Gasteiger partial charge in [0.1, 0.15) is 52.5 Å². The van der Waals surface area contributed by atoms with Crippen molar-refractivity contribution in [3.63, 3.8) is 0 Å². The number of rotatable bonds is 10. The van der Waals surface area contributed by atoms with Crippen LogP contribution in [0.25, 0.3) is 10.8 Å². The van der Waals surface area contributed by atoms with E-state index in [0.29, 0.717) is 30.7 Å². The van der Waals surface area contributed by atoms with Crippen LogP contribution in [0.15, 0.2) is 48.7 Å². The van der Waals surface area contributed by atoms with Crippen LogP contribution in [0.2, 0.25) is 0 Å². The molecule has 2 aliphatic carbocycles. The van der Waals surface area contributed by atoms with Crippen LogP contribution in [-0.4, -0.2) is 97.8 Å². The Labute approximate surface area is 349 Å². The summed E-state index contributed by atoms with van der Waals surface area (Å²) in [6, 6.07) is 2.17. The number of pyridine rings is 1. The standard InChI is InChI=1S/C42H47F4N5O9S/c1-22-7-5-6-8-24-18-42(24,40(55)50-61(56,57)41(21-43)11-12-41)49-37(53)32-15-26(60-38-29-16-31(46)33(58-3)17-28(29)34(59-4)19-47-38)20-51(32)39(54)35(23(2)13-22)48-36(52)27-10-9-25(44)14-30(27)45/h6,8-10,14,16-17,19,22-24,26,32,35H,5,7,11-13,15,18,20-21H2,1-4H3,(H,48,52)(H,49,53)(H,50,55)/b8-6-/t22-,23-,24-,26-,32+,35+,42?/m1/s1. The molecular formula is C42H47F4N5O9S. The fraction of sp³-hybridized carbons (Fsp3) is 0.500. The van der Waals surface area contributed by atoms with E-state index in [1.165, 1.54) is 31.4 Å². The molecule has 7 rings (SSSR count). The van der Waals surface area contributed by atoms with Crippen LogP contribution < -0.4 is 29.6 Å². The molecule has 1 saturated heterocycles. The summed E-state index contributed by atoms with van der Waals surface area (Å²) in [5.41, 5.74) is -2.30. The Hall–Kier alpha value is -5.46. The van der Waals surface area contributed by atoms with Gasteiger partial charge in [0.25, 0.3) is 11.8 Å². The molecule has 4 aliphatic rings. The highest BCUT2D eigenvalue weighted by molar-refractivity contribution is 7.91. The summed E-state index contributed by atoms with van der Waals surface area (Å²) in [7, 11) is -1.78. The van der Waals surface area contributed by atoms with E-state index < -0.39 is 104 Å². The molecule has 1 aromatic heterocycles. The van der Waals surface area contributed by atoms with Crippen molar-refractivity contribution in [1.82, 2.24) is 25.2 Å². The zero-order valence-corrected chi connectivity index (χ0v) is 34.8.